The predicted molar refractivity (Wildman–Crippen MR) is 43.1 cm³/mol. The topological polar surface area (TPSA) is 26.3 Å². The third-order valence-corrected chi connectivity index (χ3v) is 2.47. The molecule has 2 atom stereocenters. The zero-order chi connectivity index (χ0) is 8.27. The van der Waals surface area contributed by atoms with Gasteiger partial charge < -0.3 is 4.74 Å². The molecule has 1 fully saturated rings. The summed E-state index contributed by atoms with van der Waals surface area (Å²) in [6.07, 6.45) is 4.50. The normalized spacial score (nSPS) is 31.5. The van der Waals surface area contributed by atoms with Gasteiger partial charge in [0, 0.05) is 0 Å². The van der Waals surface area contributed by atoms with Gasteiger partial charge in [-0.25, -0.2) is 0 Å². The van der Waals surface area contributed by atoms with Crippen LogP contribution in [0.1, 0.15) is 32.6 Å². The van der Waals surface area contributed by atoms with Crippen molar-refractivity contribution in [3.63, 3.8) is 0 Å². The summed E-state index contributed by atoms with van der Waals surface area (Å²) < 4.78 is 4.70. The van der Waals surface area contributed by atoms with Gasteiger partial charge in [0.15, 0.2) is 0 Å². The Morgan fingerprint density at radius 3 is 2.73 bits per heavy atom. The first-order valence-electron chi connectivity index (χ1n) is 4.32. The molecule has 1 saturated carbocycles. The molecule has 2 nitrogen and oxygen atoms in total. The van der Waals surface area contributed by atoms with E-state index in [1.54, 1.807) is 0 Å². The van der Waals surface area contributed by atoms with E-state index < -0.39 is 0 Å². The molecule has 0 aromatic heterocycles. The molecule has 0 spiro atoms. The van der Waals surface area contributed by atoms with E-state index in [0.29, 0.717) is 5.92 Å². The van der Waals surface area contributed by atoms with Crippen molar-refractivity contribution < 1.29 is 9.53 Å². The van der Waals surface area contributed by atoms with Crippen molar-refractivity contribution in [2.75, 3.05) is 7.11 Å². The molecule has 0 N–H and O–H groups in total. The first kappa shape index (κ1) is 8.57. The largest absolute Gasteiger partial charge is 0.469 e. The van der Waals surface area contributed by atoms with E-state index in [2.05, 4.69) is 6.92 Å². The highest BCUT2D eigenvalue weighted by Crippen LogP contribution is 2.28. The lowest BCUT2D eigenvalue weighted by Crippen LogP contribution is -2.22. The molecule has 0 saturated heterocycles. The van der Waals surface area contributed by atoms with Gasteiger partial charge in [0.25, 0.3) is 0 Å². The number of hydrogen-bond donors (Lipinski definition) is 0. The van der Waals surface area contributed by atoms with Crippen molar-refractivity contribution >= 4 is 5.97 Å². The van der Waals surface area contributed by atoms with Crippen LogP contribution in [0.2, 0.25) is 0 Å². The molecule has 2 heteroatoms. The van der Waals surface area contributed by atoms with E-state index in [9.17, 15) is 4.79 Å². The van der Waals surface area contributed by atoms with Crippen LogP contribution in [0.25, 0.3) is 0 Å². The quantitative estimate of drug-likeness (QED) is 0.543. The maximum absolute atomic E-state index is 11.1. The average Bonchev–Trinajstić information content (AvgIpc) is 2.03. The van der Waals surface area contributed by atoms with Crippen molar-refractivity contribution in [1.29, 1.82) is 0 Å². The van der Waals surface area contributed by atoms with Crippen LogP contribution in [0.3, 0.4) is 0 Å². The maximum Gasteiger partial charge on any atom is 0.308 e. The van der Waals surface area contributed by atoms with Gasteiger partial charge in [-0.2, -0.15) is 0 Å². The van der Waals surface area contributed by atoms with Crippen LogP contribution in [-0.4, -0.2) is 13.1 Å². The second kappa shape index (κ2) is 3.74. The van der Waals surface area contributed by atoms with Gasteiger partial charge in [0.2, 0.25) is 0 Å². The van der Waals surface area contributed by atoms with Crippen molar-refractivity contribution in [2.24, 2.45) is 11.8 Å². The fourth-order valence-corrected chi connectivity index (χ4v) is 1.81. The molecule has 0 aliphatic heterocycles. The smallest absolute Gasteiger partial charge is 0.308 e. The van der Waals surface area contributed by atoms with Crippen LogP contribution < -0.4 is 0 Å². The number of rotatable bonds is 1. The minimum atomic E-state index is -0.0171. The highest BCUT2D eigenvalue weighted by molar-refractivity contribution is 5.72. The van der Waals surface area contributed by atoms with Crippen LogP contribution in [0.15, 0.2) is 0 Å². The minimum absolute atomic E-state index is 0.0171. The molecule has 0 heterocycles. The standard InChI is InChI=1S/C9H16O2/c1-7-4-3-5-8(6-7)9(10)11-2/h7-8H,3-6H2,1-2H3/t7-,8+/m1/s1. The van der Waals surface area contributed by atoms with Crippen LogP contribution >= 0.6 is 0 Å². The number of methoxy groups -OCH3 is 1. The third-order valence-electron chi connectivity index (χ3n) is 2.47. The summed E-state index contributed by atoms with van der Waals surface area (Å²) in [6.45, 7) is 2.20. The molecule has 0 amide bonds. The summed E-state index contributed by atoms with van der Waals surface area (Å²) in [4.78, 5) is 11.1. The third kappa shape index (κ3) is 2.21. The molecule has 64 valence electrons. The summed E-state index contributed by atoms with van der Waals surface area (Å²) in [5, 5.41) is 0. The lowest BCUT2D eigenvalue weighted by Gasteiger charge is -2.24. The van der Waals surface area contributed by atoms with E-state index >= 15 is 0 Å². The molecule has 1 aliphatic carbocycles. The first-order chi connectivity index (χ1) is 5.24. The zero-order valence-electron chi connectivity index (χ0n) is 7.30. The molecule has 1 aliphatic rings. The van der Waals surface area contributed by atoms with Crippen LogP contribution in [-0.2, 0) is 9.53 Å². The molecule has 0 radical (unpaired) electrons. The minimum Gasteiger partial charge on any atom is -0.469 e. The fourth-order valence-electron chi connectivity index (χ4n) is 1.81. The number of ether oxygens (including phenoxy) is 1. The highest BCUT2D eigenvalue weighted by atomic mass is 16.5. The van der Waals surface area contributed by atoms with Crippen molar-refractivity contribution in [1.82, 2.24) is 0 Å². The Kier molecular flexibility index (Phi) is 2.92. The van der Waals surface area contributed by atoms with Crippen molar-refractivity contribution in [3.8, 4) is 0 Å². The van der Waals surface area contributed by atoms with E-state index in [1.807, 2.05) is 0 Å². The molecule has 1 rings (SSSR count). The van der Waals surface area contributed by atoms with Gasteiger partial charge in [-0.3, -0.25) is 4.79 Å². The molecular weight excluding hydrogens is 140 g/mol. The molecule has 0 bridgehead atoms. The van der Waals surface area contributed by atoms with E-state index in [-0.39, 0.29) is 11.9 Å². The summed E-state index contributed by atoms with van der Waals surface area (Å²) >= 11 is 0. The Labute approximate surface area is 67.9 Å². The van der Waals surface area contributed by atoms with Crippen LogP contribution in [0.5, 0.6) is 0 Å². The lowest BCUT2D eigenvalue weighted by atomic mass is 9.82. The zero-order valence-corrected chi connectivity index (χ0v) is 7.30. The summed E-state index contributed by atoms with van der Waals surface area (Å²) in [5.41, 5.74) is 0. The average molecular weight is 156 g/mol. The van der Waals surface area contributed by atoms with E-state index in [0.717, 1.165) is 12.8 Å². The second-order valence-corrected chi connectivity index (χ2v) is 3.49. The molecule has 0 aromatic rings. The van der Waals surface area contributed by atoms with Crippen molar-refractivity contribution in [3.05, 3.63) is 0 Å². The van der Waals surface area contributed by atoms with Gasteiger partial charge in [0.1, 0.15) is 0 Å². The monoisotopic (exact) mass is 156 g/mol. The Balaban J connectivity index is 2.39. The highest BCUT2D eigenvalue weighted by Gasteiger charge is 2.25. The Bertz CT molecular complexity index is 142. The predicted octanol–water partition coefficient (Wildman–Crippen LogP) is 1.99. The van der Waals surface area contributed by atoms with Gasteiger partial charge >= 0.3 is 5.97 Å². The fraction of sp³-hybridized carbons (Fsp3) is 0.889. The van der Waals surface area contributed by atoms with Crippen LogP contribution in [0.4, 0.5) is 0 Å². The maximum atomic E-state index is 11.1. The second-order valence-electron chi connectivity index (χ2n) is 3.49. The Morgan fingerprint density at radius 1 is 1.45 bits per heavy atom. The molecule has 0 unspecified atom stereocenters. The summed E-state index contributed by atoms with van der Waals surface area (Å²) in [5.74, 6) is 0.869. The number of carbonyl (C=O) groups is 1. The number of carbonyl (C=O) groups excluding carboxylic acids is 1. The number of hydrogen-bond acceptors (Lipinski definition) is 2. The SMILES string of the molecule is COC(=O)[C@H]1CCC[C@@H](C)C1. The van der Waals surface area contributed by atoms with Gasteiger partial charge in [-0.15, -0.1) is 0 Å². The first-order valence-corrected chi connectivity index (χ1v) is 4.32. The summed E-state index contributed by atoms with van der Waals surface area (Å²) in [7, 11) is 1.47. The number of esters is 1. The van der Waals surface area contributed by atoms with Gasteiger partial charge in [-0.1, -0.05) is 19.8 Å². The lowest BCUT2D eigenvalue weighted by molar-refractivity contribution is -0.147. The van der Waals surface area contributed by atoms with Crippen molar-refractivity contribution in [2.45, 2.75) is 32.6 Å². The van der Waals surface area contributed by atoms with Crippen LogP contribution in [0, 0.1) is 11.8 Å². The molecular formula is C9H16O2. The Morgan fingerprint density at radius 2 is 2.18 bits per heavy atom. The van der Waals surface area contributed by atoms with Gasteiger partial charge in [0.05, 0.1) is 13.0 Å². The molecule has 0 aromatic carbocycles. The van der Waals surface area contributed by atoms with E-state index in [1.165, 1.54) is 20.0 Å². The summed E-state index contributed by atoms with van der Waals surface area (Å²) in [6, 6.07) is 0. The van der Waals surface area contributed by atoms with E-state index in [4.69, 9.17) is 4.74 Å². The van der Waals surface area contributed by atoms with Gasteiger partial charge in [-0.05, 0) is 18.8 Å². The molecule has 11 heavy (non-hydrogen) atoms. The Hall–Kier alpha value is -0.530.